The Bertz CT molecular complexity index is 438. The third-order valence-electron chi connectivity index (χ3n) is 3.72. The van der Waals surface area contributed by atoms with Gasteiger partial charge in [0.15, 0.2) is 0 Å². The topological polar surface area (TPSA) is 47.7 Å². The number of hydrogen-bond donors (Lipinski definition) is 1. The predicted octanol–water partition coefficient (Wildman–Crippen LogP) is 2.32. The molecule has 1 aliphatic rings. The van der Waals surface area contributed by atoms with Gasteiger partial charge in [-0.15, -0.1) is 0 Å². The lowest BCUT2D eigenvalue weighted by Crippen LogP contribution is -2.44. The zero-order chi connectivity index (χ0) is 14.7. The molecule has 0 radical (unpaired) electrons. The average Bonchev–Trinajstić information content (AvgIpc) is 2.37. The minimum absolute atomic E-state index is 0.0437. The highest BCUT2D eigenvalue weighted by Crippen LogP contribution is 2.25. The minimum Gasteiger partial charge on any atom is -0.496 e. The van der Waals surface area contributed by atoms with E-state index in [9.17, 15) is 0 Å². The Morgan fingerprint density at radius 2 is 2.00 bits per heavy atom. The normalized spacial score (nSPS) is 25.4. The molecule has 0 amide bonds. The smallest absolute Gasteiger partial charge is 0.123 e. The Hall–Kier alpha value is -1.10. The highest BCUT2D eigenvalue weighted by molar-refractivity contribution is 5.38. The predicted molar refractivity (Wildman–Crippen MR) is 80.9 cm³/mol. The molecular weight excluding hydrogens is 252 g/mol. The van der Waals surface area contributed by atoms with Gasteiger partial charge in [0.05, 0.1) is 19.3 Å². The first-order chi connectivity index (χ1) is 9.49. The Balaban J connectivity index is 2.16. The van der Waals surface area contributed by atoms with Crippen molar-refractivity contribution >= 4 is 0 Å². The summed E-state index contributed by atoms with van der Waals surface area (Å²) in [4.78, 5) is 2.42. The van der Waals surface area contributed by atoms with E-state index in [0.29, 0.717) is 0 Å². The zero-order valence-corrected chi connectivity index (χ0v) is 12.9. The average molecular weight is 278 g/mol. The SMILES string of the molecule is COc1ccc(C(C)N)cc1CN1C[C@@H](C)O[C@@H](C)C1. The molecule has 20 heavy (non-hydrogen) atoms. The van der Waals surface area contributed by atoms with Gasteiger partial charge in [0.1, 0.15) is 5.75 Å². The van der Waals surface area contributed by atoms with Crippen LogP contribution < -0.4 is 10.5 Å². The number of morpholine rings is 1. The monoisotopic (exact) mass is 278 g/mol. The van der Waals surface area contributed by atoms with Gasteiger partial charge in [0, 0.05) is 31.2 Å². The summed E-state index contributed by atoms with van der Waals surface area (Å²) in [5, 5.41) is 0. The quantitative estimate of drug-likeness (QED) is 0.918. The molecule has 3 atom stereocenters. The molecule has 1 fully saturated rings. The van der Waals surface area contributed by atoms with Crippen molar-refractivity contribution in [2.24, 2.45) is 5.73 Å². The van der Waals surface area contributed by atoms with E-state index in [1.165, 1.54) is 5.56 Å². The molecule has 4 nitrogen and oxygen atoms in total. The number of rotatable bonds is 4. The number of ether oxygens (including phenoxy) is 2. The van der Waals surface area contributed by atoms with Gasteiger partial charge in [-0.25, -0.2) is 0 Å². The van der Waals surface area contributed by atoms with Crippen molar-refractivity contribution in [3.05, 3.63) is 29.3 Å². The van der Waals surface area contributed by atoms with E-state index >= 15 is 0 Å². The van der Waals surface area contributed by atoms with Gasteiger partial charge in [-0.1, -0.05) is 6.07 Å². The molecule has 0 aliphatic carbocycles. The van der Waals surface area contributed by atoms with E-state index in [4.69, 9.17) is 15.2 Å². The first kappa shape index (κ1) is 15.3. The first-order valence-corrected chi connectivity index (χ1v) is 7.29. The molecule has 4 heteroatoms. The van der Waals surface area contributed by atoms with Crippen LogP contribution in [0.5, 0.6) is 5.75 Å². The molecule has 0 aromatic heterocycles. The summed E-state index contributed by atoms with van der Waals surface area (Å²) in [7, 11) is 1.72. The third kappa shape index (κ3) is 3.72. The fourth-order valence-electron chi connectivity index (χ4n) is 2.86. The van der Waals surface area contributed by atoms with Crippen LogP contribution in [0.3, 0.4) is 0 Å². The van der Waals surface area contributed by atoms with Crippen molar-refractivity contribution < 1.29 is 9.47 Å². The fourth-order valence-corrected chi connectivity index (χ4v) is 2.86. The summed E-state index contributed by atoms with van der Waals surface area (Å²) in [6, 6.07) is 6.26. The van der Waals surface area contributed by atoms with Crippen LogP contribution in [-0.2, 0) is 11.3 Å². The van der Waals surface area contributed by atoms with E-state index in [1.807, 2.05) is 19.1 Å². The molecular formula is C16H26N2O2. The summed E-state index contributed by atoms with van der Waals surface area (Å²) in [6.45, 7) is 9.04. The third-order valence-corrected chi connectivity index (χ3v) is 3.72. The largest absolute Gasteiger partial charge is 0.496 e. The van der Waals surface area contributed by atoms with Gasteiger partial charge in [0.2, 0.25) is 0 Å². The highest BCUT2D eigenvalue weighted by Gasteiger charge is 2.23. The van der Waals surface area contributed by atoms with Crippen molar-refractivity contribution in [3.8, 4) is 5.75 Å². The second kappa shape index (κ2) is 6.57. The molecule has 1 saturated heterocycles. The number of nitrogens with two attached hydrogens (primary N) is 1. The van der Waals surface area contributed by atoms with Crippen LogP contribution in [0.1, 0.15) is 37.9 Å². The van der Waals surface area contributed by atoms with Crippen LogP contribution in [0, 0.1) is 0 Å². The maximum atomic E-state index is 5.98. The number of nitrogens with zero attached hydrogens (tertiary/aromatic N) is 1. The van der Waals surface area contributed by atoms with Crippen LogP contribution in [0.15, 0.2) is 18.2 Å². The van der Waals surface area contributed by atoms with Crippen LogP contribution in [0.4, 0.5) is 0 Å². The number of benzene rings is 1. The first-order valence-electron chi connectivity index (χ1n) is 7.29. The molecule has 2 N–H and O–H groups in total. The molecule has 1 aromatic carbocycles. The lowest BCUT2D eigenvalue weighted by atomic mass is 10.0. The van der Waals surface area contributed by atoms with Gasteiger partial charge in [-0.05, 0) is 38.5 Å². The Morgan fingerprint density at radius 1 is 1.35 bits per heavy atom. The van der Waals surface area contributed by atoms with Crippen LogP contribution >= 0.6 is 0 Å². The van der Waals surface area contributed by atoms with Crippen molar-refractivity contribution in [2.75, 3.05) is 20.2 Å². The van der Waals surface area contributed by atoms with E-state index in [1.54, 1.807) is 7.11 Å². The van der Waals surface area contributed by atoms with Crippen LogP contribution in [-0.4, -0.2) is 37.3 Å². The van der Waals surface area contributed by atoms with Crippen LogP contribution in [0.25, 0.3) is 0 Å². The molecule has 0 spiro atoms. The Labute approximate surface area is 121 Å². The van der Waals surface area contributed by atoms with Gasteiger partial charge in [-0.2, -0.15) is 0 Å². The molecule has 1 aromatic rings. The molecule has 112 valence electrons. The maximum Gasteiger partial charge on any atom is 0.123 e. The lowest BCUT2D eigenvalue weighted by Gasteiger charge is -2.35. The molecule has 2 rings (SSSR count). The van der Waals surface area contributed by atoms with Crippen molar-refractivity contribution in [1.82, 2.24) is 4.90 Å². The standard InChI is InChI=1S/C16H26N2O2/c1-11-8-18(9-12(2)20-11)10-15-7-14(13(3)17)5-6-16(15)19-4/h5-7,11-13H,8-10,17H2,1-4H3/t11-,12+,13?. The van der Waals surface area contributed by atoms with Crippen molar-refractivity contribution in [2.45, 2.75) is 45.6 Å². The van der Waals surface area contributed by atoms with Gasteiger partial charge in [-0.3, -0.25) is 4.90 Å². The summed E-state index contributed by atoms with van der Waals surface area (Å²) in [5.41, 5.74) is 8.32. The molecule has 0 saturated carbocycles. The number of methoxy groups -OCH3 is 1. The maximum absolute atomic E-state index is 5.98. The zero-order valence-electron chi connectivity index (χ0n) is 12.9. The minimum atomic E-state index is 0.0437. The second-order valence-electron chi connectivity index (χ2n) is 5.81. The number of hydrogen-bond acceptors (Lipinski definition) is 4. The van der Waals surface area contributed by atoms with E-state index in [-0.39, 0.29) is 18.2 Å². The lowest BCUT2D eigenvalue weighted by molar-refractivity contribution is -0.0706. The summed E-state index contributed by atoms with van der Waals surface area (Å²) >= 11 is 0. The van der Waals surface area contributed by atoms with Gasteiger partial charge >= 0.3 is 0 Å². The fraction of sp³-hybridized carbons (Fsp3) is 0.625. The van der Waals surface area contributed by atoms with Crippen LogP contribution in [0.2, 0.25) is 0 Å². The molecule has 1 heterocycles. The van der Waals surface area contributed by atoms with Crippen molar-refractivity contribution in [3.63, 3.8) is 0 Å². The Morgan fingerprint density at radius 3 is 2.55 bits per heavy atom. The summed E-state index contributed by atoms with van der Waals surface area (Å²) in [6.07, 6.45) is 0.558. The molecule has 1 unspecified atom stereocenters. The Kier molecular flexibility index (Phi) is 5.02. The van der Waals surface area contributed by atoms with E-state index in [0.717, 1.165) is 30.9 Å². The van der Waals surface area contributed by atoms with E-state index in [2.05, 4.69) is 24.8 Å². The second-order valence-corrected chi connectivity index (χ2v) is 5.81. The molecule has 1 aliphatic heterocycles. The highest BCUT2D eigenvalue weighted by atomic mass is 16.5. The van der Waals surface area contributed by atoms with Gasteiger partial charge < -0.3 is 15.2 Å². The van der Waals surface area contributed by atoms with E-state index < -0.39 is 0 Å². The van der Waals surface area contributed by atoms with Crippen molar-refractivity contribution in [1.29, 1.82) is 0 Å². The summed E-state index contributed by atoms with van der Waals surface area (Å²) < 4.78 is 11.3. The van der Waals surface area contributed by atoms with Gasteiger partial charge in [0.25, 0.3) is 0 Å². The molecule has 0 bridgehead atoms. The summed E-state index contributed by atoms with van der Waals surface area (Å²) in [5.74, 6) is 0.932.